The SMILES string of the molecule is NC(=O)C(CCC(=O)O)(CCC(=O)O)c1ccccc1. The molecule has 0 saturated carbocycles. The molecule has 1 aromatic carbocycles. The van der Waals surface area contributed by atoms with Crippen LogP contribution in [0.4, 0.5) is 0 Å². The van der Waals surface area contributed by atoms with Gasteiger partial charge in [0.25, 0.3) is 0 Å². The molecule has 0 aliphatic heterocycles. The van der Waals surface area contributed by atoms with E-state index < -0.39 is 23.3 Å². The maximum absolute atomic E-state index is 11.9. The largest absolute Gasteiger partial charge is 0.481 e. The zero-order valence-corrected chi connectivity index (χ0v) is 10.9. The topological polar surface area (TPSA) is 118 Å². The molecule has 0 fully saturated rings. The highest BCUT2D eigenvalue weighted by molar-refractivity contribution is 5.88. The number of carbonyl (C=O) groups is 3. The molecular formula is C14H17NO5. The Labute approximate surface area is 116 Å². The van der Waals surface area contributed by atoms with Crippen molar-refractivity contribution in [2.75, 3.05) is 0 Å². The van der Waals surface area contributed by atoms with Crippen LogP contribution < -0.4 is 5.73 Å². The number of hydrogen-bond acceptors (Lipinski definition) is 3. The molecule has 1 aromatic rings. The molecule has 0 spiro atoms. The van der Waals surface area contributed by atoms with Crippen LogP contribution in [0.25, 0.3) is 0 Å². The standard InChI is InChI=1S/C14H17NO5/c15-13(20)14(8-6-11(16)17,9-7-12(18)19)10-4-2-1-3-5-10/h1-5H,6-9H2,(H2,15,20)(H,16,17)(H,18,19). The molecule has 1 rings (SSSR count). The molecule has 4 N–H and O–H groups in total. The molecule has 0 radical (unpaired) electrons. The van der Waals surface area contributed by atoms with Crippen molar-refractivity contribution in [3.8, 4) is 0 Å². The van der Waals surface area contributed by atoms with E-state index in [2.05, 4.69) is 0 Å². The second kappa shape index (κ2) is 6.70. The van der Waals surface area contributed by atoms with Crippen molar-refractivity contribution in [2.45, 2.75) is 31.1 Å². The Hall–Kier alpha value is -2.37. The van der Waals surface area contributed by atoms with Crippen LogP contribution in [0.2, 0.25) is 0 Å². The highest BCUT2D eigenvalue weighted by Gasteiger charge is 2.38. The van der Waals surface area contributed by atoms with Gasteiger partial charge in [-0.05, 0) is 18.4 Å². The van der Waals surface area contributed by atoms with Gasteiger partial charge in [-0.25, -0.2) is 0 Å². The lowest BCUT2D eigenvalue weighted by molar-refractivity contribution is -0.137. The van der Waals surface area contributed by atoms with E-state index >= 15 is 0 Å². The van der Waals surface area contributed by atoms with Crippen molar-refractivity contribution in [3.05, 3.63) is 35.9 Å². The molecule has 0 atom stereocenters. The second-order valence-electron chi connectivity index (χ2n) is 4.60. The molecule has 0 unspecified atom stereocenters. The van der Waals surface area contributed by atoms with Crippen molar-refractivity contribution < 1.29 is 24.6 Å². The average Bonchev–Trinajstić information content (AvgIpc) is 2.39. The molecule has 108 valence electrons. The number of amides is 1. The van der Waals surface area contributed by atoms with Crippen LogP contribution in [0.15, 0.2) is 30.3 Å². The van der Waals surface area contributed by atoms with Crippen LogP contribution in [0.5, 0.6) is 0 Å². The lowest BCUT2D eigenvalue weighted by Gasteiger charge is -2.30. The Morgan fingerprint density at radius 3 is 1.75 bits per heavy atom. The van der Waals surface area contributed by atoms with Crippen molar-refractivity contribution in [3.63, 3.8) is 0 Å². The maximum atomic E-state index is 11.9. The van der Waals surface area contributed by atoms with Crippen LogP contribution in [0.3, 0.4) is 0 Å². The monoisotopic (exact) mass is 279 g/mol. The predicted octanol–water partition coefficient (Wildman–Crippen LogP) is 1.14. The summed E-state index contributed by atoms with van der Waals surface area (Å²) in [7, 11) is 0. The van der Waals surface area contributed by atoms with E-state index in [0.717, 1.165) is 0 Å². The van der Waals surface area contributed by atoms with Crippen molar-refractivity contribution >= 4 is 17.8 Å². The molecule has 0 bridgehead atoms. The van der Waals surface area contributed by atoms with E-state index in [1.165, 1.54) is 0 Å². The third-order valence-electron chi connectivity index (χ3n) is 3.33. The van der Waals surface area contributed by atoms with Gasteiger partial charge >= 0.3 is 11.9 Å². The smallest absolute Gasteiger partial charge is 0.303 e. The number of rotatable bonds is 8. The number of primary amides is 1. The summed E-state index contributed by atoms with van der Waals surface area (Å²) in [5, 5.41) is 17.6. The Balaban J connectivity index is 3.15. The van der Waals surface area contributed by atoms with Gasteiger partial charge in [-0.15, -0.1) is 0 Å². The quantitative estimate of drug-likeness (QED) is 0.659. The Kier molecular flexibility index (Phi) is 5.25. The average molecular weight is 279 g/mol. The van der Waals surface area contributed by atoms with E-state index in [0.29, 0.717) is 5.56 Å². The summed E-state index contributed by atoms with van der Waals surface area (Å²) in [6.07, 6.45) is -0.543. The fourth-order valence-corrected chi connectivity index (χ4v) is 2.20. The fourth-order valence-electron chi connectivity index (χ4n) is 2.20. The van der Waals surface area contributed by atoms with Gasteiger partial charge in [0.1, 0.15) is 0 Å². The second-order valence-corrected chi connectivity index (χ2v) is 4.60. The maximum Gasteiger partial charge on any atom is 0.303 e. The molecule has 1 amide bonds. The number of benzene rings is 1. The summed E-state index contributed by atoms with van der Waals surface area (Å²) in [4.78, 5) is 33.4. The fraction of sp³-hybridized carbons (Fsp3) is 0.357. The molecule has 6 nitrogen and oxygen atoms in total. The highest BCUT2D eigenvalue weighted by Crippen LogP contribution is 2.34. The number of carboxylic acids is 2. The third-order valence-corrected chi connectivity index (χ3v) is 3.33. The summed E-state index contributed by atoms with van der Waals surface area (Å²) in [5.74, 6) is -2.81. The van der Waals surface area contributed by atoms with Crippen LogP contribution in [0.1, 0.15) is 31.2 Å². The first-order valence-electron chi connectivity index (χ1n) is 6.17. The normalized spacial score (nSPS) is 11.0. The van der Waals surface area contributed by atoms with Gasteiger partial charge in [-0.1, -0.05) is 30.3 Å². The molecule has 0 heterocycles. The van der Waals surface area contributed by atoms with Gasteiger partial charge in [0.2, 0.25) is 5.91 Å². The molecule has 20 heavy (non-hydrogen) atoms. The van der Waals surface area contributed by atoms with Gasteiger partial charge in [0.15, 0.2) is 0 Å². The van der Waals surface area contributed by atoms with Gasteiger partial charge in [0, 0.05) is 12.8 Å². The number of aliphatic carboxylic acids is 2. The molecule has 0 saturated heterocycles. The van der Waals surface area contributed by atoms with Crippen LogP contribution in [-0.2, 0) is 19.8 Å². The first-order chi connectivity index (χ1) is 9.38. The first kappa shape index (κ1) is 15.7. The van der Waals surface area contributed by atoms with Crippen molar-refractivity contribution in [1.82, 2.24) is 0 Å². The molecule has 0 aliphatic carbocycles. The molecule has 0 aliphatic rings. The Morgan fingerprint density at radius 2 is 1.40 bits per heavy atom. The predicted molar refractivity (Wildman–Crippen MR) is 71.1 cm³/mol. The van der Waals surface area contributed by atoms with E-state index in [-0.39, 0.29) is 25.7 Å². The summed E-state index contributed by atoms with van der Waals surface area (Å²) in [6, 6.07) is 8.48. The Bertz CT molecular complexity index is 480. The third kappa shape index (κ3) is 3.81. The molecule has 0 aromatic heterocycles. The minimum Gasteiger partial charge on any atom is -0.481 e. The van der Waals surface area contributed by atoms with Crippen molar-refractivity contribution in [2.24, 2.45) is 5.73 Å². The van der Waals surface area contributed by atoms with E-state index in [1.54, 1.807) is 30.3 Å². The van der Waals surface area contributed by atoms with E-state index in [9.17, 15) is 14.4 Å². The van der Waals surface area contributed by atoms with Gasteiger partial charge in [-0.3, -0.25) is 14.4 Å². The summed E-state index contributed by atoms with van der Waals surface area (Å²) in [6.45, 7) is 0. The number of hydrogen-bond donors (Lipinski definition) is 3. The zero-order chi connectivity index (χ0) is 15.2. The highest BCUT2D eigenvalue weighted by atomic mass is 16.4. The minimum atomic E-state index is -1.27. The van der Waals surface area contributed by atoms with Crippen molar-refractivity contribution in [1.29, 1.82) is 0 Å². The van der Waals surface area contributed by atoms with E-state index in [4.69, 9.17) is 15.9 Å². The van der Waals surface area contributed by atoms with E-state index in [1.807, 2.05) is 0 Å². The number of carbonyl (C=O) groups excluding carboxylic acids is 1. The lowest BCUT2D eigenvalue weighted by Crippen LogP contribution is -2.42. The number of carboxylic acid groups (broad SMARTS) is 2. The zero-order valence-electron chi connectivity index (χ0n) is 10.9. The summed E-state index contributed by atoms with van der Waals surface area (Å²) < 4.78 is 0. The van der Waals surface area contributed by atoms with Crippen LogP contribution >= 0.6 is 0 Å². The van der Waals surface area contributed by atoms with Gasteiger partial charge in [0.05, 0.1) is 5.41 Å². The van der Waals surface area contributed by atoms with Crippen LogP contribution in [0, 0.1) is 0 Å². The molecule has 6 heteroatoms. The first-order valence-corrected chi connectivity index (χ1v) is 6.17. The Morgan fingerprint density at radius 1 is 0.950 bits per heavy atom. The minimum absolute atomic E-state index is 0.0189. The molecular weight excluding hydrogens is 262 g/mol. The summed E-state index contributed by atoms with van der Waals surface area (Å²) in [5.41, 5.74) is 4.74. The van der Waals surface area contributed by atoms with Gasteiger partial charge < -0.3 is 15.9 Å². The summed E-state index contributed by atoms with van der Waals surface area (Å²) >= 11 is 0. The van der Waals surface area contributed by atoms with Gasteiger partial charge in [-0.2, -0.15) is 0 Å². The lowest BCUT2D eigenvalue weighted by atomic mass is 9.72. The van der Waals surface area contributed by atoms with Crippen LogP contribution in [-0.4, -0.2) is 28.1 Å². The number of nitrogens with two attached hydrogens (primary N) is 1.